The number of nitrogens with two attached hydrogens (primary N) is 1. The molecule has 0 spiro atoms. The molecule has 0 aliphatic carbocycles. The van der Waals surface area contributed by atoms with Crippen molar-refractivity contribution in [3.8, 4) is 0 Å². The minimum Gasteiger partial charge on any atom is -0.382 e. The number of piperidine rings is 1. The van der Waals surface area contributed by atoms with Crippen LogP contribution >= 0.6 is 23.1 Å². The fraction of sp³-hybridized carbons (Fsp3) is 0.714. The zero-order chi connectivity index (χ0) is 14.7. The standard InChI is InChI=1S/C14H22N4OS2/c15-12-11(13(19)16-10-4-8-20-9-5-10)21-14(17-12)18-6-2-1-3-7-18/h10H,1-9,15H2,(H,16,19). The van der Waals surface area contributed by atoms with E-state index in [9.17, 15) is 4.79 Å². The van der Waals surface area contributed by atoms with Crippen LogP contribution < -0.4 is 16.0 Å². The summed E-state index contributed by atoms with van der Waals surface area (Å²) >= 11 is 3.39. The van der Waals surface area contributed by atoms with Crippen LogP contribution in [0.2, 0.25) is 0 Å². The first-order chi connectivity index (χ1) is 10.2. The highest BCUT2D eigenvalue weighted by molar-refractivity contribution is 7.99. The van der Waals surface area contributed by atoms with Crippen LogP contribution in [0.25, 0.3) is 0 Å². The fourth-order valence-corrected chi connectivity index (χ4v) is 4.84. The van der Waals surface area contributed by atoms with Gasteiger partial charge in [0.25, 0.3) is 5.91 Å². The normalized spacial score (nSPS) is 20.5. The lowest BCUT2D eigenvalue weighted by Crippen LogP contribution is -2.37. The molecule has 3 heterocycles. The largest absolute Gasteiger partial charge is 0.382 e. The highest BCUT2D eigenvalue weighted by Crippen LogP contribution is 2.30. The number of nitrogens with one attached hydrogen (secondary N) is 1. The molecule has 2 aliphatic rings. The van der Waals surface area contributed by atoms with Crippen LogP contribution in [0.3, 0.4) is 0 Å². The zero-order valence-corrected chi connectivity index (χ0v) is 13.8. The van der Waals surface area contributed by atoms with Crippen LogP contribution in [0.5, 0.6) is 0 Å². The monoisotopic (exact) mass is 326 g/mol. The number of hydrogen-bond donors (Lipinski definition) is 2. The molecule has 1 amide bonds. The number of nitrogens with zero attached hydrogens (tertiary/aromatic N) is 2. The van der Waals surface area contributed by atoms with Gasteiger partial charge in [0.05, 0.1) is 0 Å². The zero-order valence-electron chi connectivity index (χ0n) is 12.1. The van der Waals surface area contributed by atoms with Crippen molar-refractivity contribution >= 4 is 40.0 Å². The van der Waals surface area contributed by atoms with Crippen molar-refractivity contribution in [1.82, 2.24) is 10.3 Å². The number of carbonyl (C=O) groups is 1. The maximum atomic E-state index is 12.4. The van der Waals surface area contributed by atoms with Gasteiger partial charge in [0.15, 0.2) is 5.13 Å². The molecule has 3 N–H and O–H groups in total. The van der Waals surface area contributed by atoms with E-state index in [-0.39, 0.29) is 5.91 Å². The number of nitrogen functional groups attached to an aromatic ring is 1. The van der Waals surface area contributed by atoms with Gasteiger partial charge in [0.1, 0.15) is 10.7 Å². The number of carbonyl (C=O) groups excluding carboxylic acids is 1. The molecule has 21 heavy (non-hydrogen) atoms. The Kier molecular flexibility index (Phi) is 4.90. The van der Waals surface area contributed by atoms with Crippen LogP contribution in [-0.2, 0) is 0 Å². The lowest BCUT2D eigenvalue weighted by atomic mass is 10.1. The molecule has 2 saturated heterocycles. The van der Waals surface area contributed by atoms with Crippen LogP contribution in [0.1, 0.15) is 41.8 Å². The van der Waals surface area contributed by atoms with E-state index in [1.807, 2.05) is 11.8 Å². The first kappa shape index (κ1) is 15.0. The summed E-state index contributed by atoms with van der Waals surface area (Å²) < 4.78 is 0. The van der Waals surface area contributed by atoms with E-state index < -0.39 is 0 Å². The SMILES string of the molecule is Nc1nc(N2CCCCC2)sc1C(=O)NC1CCSCC1. The van der Waals surface area contributed by atoms with Crippen LogP contribution in [0.15, 0.2) is 0 Å². The summed E-state index contributed by atoms with van der Waals surface area (Å²) in [6.45, 7) is 2.04. The third kappa shape index (κ3) is 3.63. The van der Waals surface area contributed by atoms with Gasteiger partial charge in [-0.2, -0.15) is 11.8 Å². The molecule has 0 atom stereocenters. The van der Waals surface area contributed by atoms with Gasteiger partial charge in [-0.05, 0) is 43.6 Å². The average molecular weight is 326 g/mol. The van der Waals surface area contributed by atoms with Crippen molar-refractivity contribution in [2.45, 2.75) is 38.1 Å². The topological polar surface area (TPSA) is 71.2 Å². The smallest absolute Gasteiger partial charge is 0.265 e. The Morgan fingerprint density at radius 1 is 1.24 bits per heavy atom. The first-order valence-corrected chi connectivity index (χ1v) is 9.61. The lowest BCUT2D eigenvalue weighted by molar-refractivity contribution is 0.0939. The van der Waals surface area contributed by atoms with Crippen molar-refractivity contribution in [1.29, 1.82) is 0 Å². The summed E-state index contributed by atoms with van der Waals surface area (Å²) in [7, 11) is 0. The molecule has 0 bridgehead atoms. The van der Waals surface area contributed by atoms with Crippen molar-refractivity contribution in [2.24, 2.45) is 0 Å². The molecule has 0 aromatic carbocycles. The molecule has 7 heteroatoms. The van der Waals surface area contributed by atoms with Crippen molar-refractivity contribution in [2.75, 3.05) is 35.2 Å². The molecule has 0 unspecified atom stereocenters. The van der Waals surface area contributed by atoms with Gasteiger partial charge in [-0.1, -0.05) is 11.3 Å². The summed E-state index contributed by atoms with van der Waals surface area (Å²) in [6.07, 6.45) is 5.77. The summed E-state index contributed by atoms with van der Waals surface area (Å²) in [5, 5.41) is 4.01. The Balaban J connectivity index is 1.66. The number of amides is 1. The van der Waals surface area contributed by atoms with Gasteiger partial charge < -0.3 is 16.0 Å². The Morgan fingerprint density at radius 2 is 1.95 bits per heavy atom. The summed E-state index contributed by atoms with van der Waals surface area (Å²) in [5.74, 6) is 2.58. The summed E-state index contributed by atoms with van der Waals surface area (Å²) in [5.41, 5.74) is 5.96. The molecule has 5 nitrogen and oxygen atoms in total. The van der Waals surface area contributed by atoms with Crippen LogP contribution in [-0.4, -0.2) is 41.5 Å². The maximum absolute atomic E-state index is 12.4. The average Bonchev–Trinajstić information content (AvgIpc) is 2.91. The van der Waals surface area contributed by atoms with E-state index in [2.05, 4.69) is 15.2 Å². The summed E-state index contributed by atoms with van der Waals surface area (Å²) in [6, 6.07) is 0.290. The molecule has 1 aromatic heterocycles. The number of thioether (sulfide) groups is 1. The quantitative estimate of drug-likeness (QED) is 0.892. The Hall–Kier alpha value is -0.950. The third-order valence-electron chi connectivity index (χ3n) is 4.03. The Morgan fingerprint density at radius 3 is 2.67 bits per heavy atom. The van der Waals surface area contributed by atoms with Crippen molar-refractivity contribution in [3.63, 3.8) is 0 Å². The van der Waals surface area contributed by atoms with Crippen LogP contribution in [0, 0.1) is 0 Å². The minimum atomic E-state index is -0.0508. The van der Waals surface area contributed by atoms with E-state index >= 15 is 0 Å². The number of anilines is 2. The molecule has 3 rings (SSSR count). The minimum absolute atomic E-state index is 0.0508. The maximum Gasteiger partial charge on any atom is 0.265 e. The Labute approximate surface area is 133 Å². The first-order valence-electron chi connectivity index (χ1n) is 7.64. The van der Waals surface area contributed by atoms with Gasteiger partial charge in [0.2, 0.25) is 0 Å². The molecule has 0 saturated carbocycles. The number of rotatable bonds is 3. The van der Waals surface area contributed by atoms with E-state index in [4.69, 9.17) is 5.73 Å². The second-order valence-corrected chi connectivity index (χ2v) is 7.82. The number of thiazole rings is 1. The predicted octanol–water partition coefficient (Wildman–Crippen LogP) is 2.34. The molecule has 116 valence electrons. The van der Waals surface area contributed by atoms with Crippen LogP contribution in [0.4, 0.5) is 10.9 Å². The van der Waals surface area contributed by atoms with Gasteiger partial charge in [0, 0.05) is 19.1 Å². The molecule has 1 aromatic rings. The molecular weight excluding hydrogens is 304 g/mol. The van der Waals surface area contributed by atoms with Gasteiger partial charge >= 0.3 is 0 Å². The Bertz CT molecular complexity index is 493. The van der Waals surface area contributed by atoms with Crippen molar-refractivity contribution in [3.05, 3.63) is 4.88 Å². The van der Waals surface area contributed by atoms with Gasteiger partial charge in [-0.15, -0.1) is 0 Å². The van der Waals surface area contributed by atoms with E-state index in [1.54, 1.807) is 0 Å². The van der Waals surface area contributed by atoms with E-state index in [0.29, 0.717) is 16.7 Å². The van der Waals surface area contributed by atoms with Gasteiger partial charge in [-0.25, -0.2) is 4.98 Å². The predicted molar refractivity (Wildman–Crippen MR) is 90.4 cm³/mol. The fourth-order valence-electron chi connectivity index (χ4n) is 2.80. The van der Waals surface area contributed by atoms with E-state index in [1.165, 1.54) is 30.6 Å². The number of aromatic nitrogens is 1. The number of hydrogen-bond acceptors (Lipinski definition) is 6. The molecule has 2 aliphatic heterocycles. The highest BCUT2D eigenvalue weighted by Gasteiger charge is 2.23. The molecule has 2 fully saturated rings. The second-order valence-electron chi connectivity index (χ2n) is 5.62. The third-order valence-corrected chi connectivity index (χ3v) is 6.21. The summed E-state index contributed by atoms with van der Waals surface area (Å²) in [4.78, 5) is 19.6. The molecule has 0 radical (unpaired) electrons. The van der Waals surface area contributed by atoms with E-state index in [0.717, 1.165) is 42.6 Å². The van der Waals surface area contributed by atoms with Crippen molar-refractivity contribution < 1.29 is 4.79 Å². The lowest BCUT2D eigenvalue weighted by Gasteiger charge is -2.25. The molecular formula is C14H22N4OS2. The second kappa shape index (κ2) is 6.87. The highest BCUT2D eigenvalue weighted by atomic mass is 32.2. The van der Waals surface area contributed by atoms with Gasteiger partial charge in [-0.3, -0.25) is 4.79 Å².